The topological polar surface area (TPSA) is 37.8 Å². The highest BCUT2D eigenvalue weighted by molar-refractivity contribution is 14.1. The third kappa shape index (κ3) is 3.00. The van der Waals surface area contributed by atoms with E-state index in [1.165, 1.54) is 12.1 Å². The molecule has 3 rings (SSSR count). The van der Waals surface area contributed by atoms with E-state index >= 15 is 0 Å². The fraction of sp³-hybridized carbons (Fsp3) is 0.333. The predicted molar refractivity (Wildman–Crippen MR) is 86.7 cm³/mol. The predicted octanol–water partition coefficient (Wildman–Crippen LogP) is 4.60. The van der Waals surface area contributed by atoms with Gasteiger partial charge in [0, 0.05) is 24.1 Å². The van der Waals surface area contributed by atoms with Crippen molar-refractivity contribution < 1.29 is 8.78 Å². The average Bonchev–Trinajstić information content (AvgIpc) is 3.32. The molecule has 1 aliphatic carbocycles. The number of rotatable bonds is 4. The maximum atomic E-state index is 12.8. The molecule has 1 aromatic carbocycles. The zero-order valence-electron chi connectivity index (χ0n) is 11.4. The van der Waals surface area contributed by atoms with Crippen LogP contribution >= 0.6 is 22.6 Å². The molecule has 1 heterocycles. The lowest BCUT2D eigenvalue weighted by atomic mass is 10.1. The number of nitrogens with one attached hydrogen (secondary N) is 1. The number of hydrogen-bond acceptors (Lipinski definition) is 3. The largest absolute Gasteiger partial charge is 0.372 e. The Bertz CT molecular complexity index is 672. The molecular weight excluding hydrogens is 387 g/mol. The van der Waals surface area contributed by atoms with E-state index in [9.17, 15) is 8.78 Å². The van der Waals surface area contributed by atoms with Crippen LogP contribution in [0.25, 0.3) is 11.4 Å². The molecule has 2 aromatic rings. The van der Waals surface area contributed by atoms with Crippen LogP contribution in [0.4, 0.5) is 14.6 Å². The Labute approximate surface area is 135 Å². The minimum absolute atomic E-state index is 0.00590. The summed E-state index contributed by atoms with van der Waals surface area (Å²) in [7, 11) is 1.81. The number of anilines is 1. The number of halogens is 3. The van der Waals surface area contributed by atoms with Crippen LogP contribution in [-0.4, -0.2) is 17.0 Å². The number of nitrogens with zero attached hydrogens (tertiary/aromatic N) is 2. The van der Waals surface area contributed by atoms with Crippen LogP contribution in [-0.2, 0) is 0 Å². The molecular formula is C15H14F2IN3. The minimum atomic E-state index is -2.49. The molecule has 3 nitrogen and oxygen atoms in total. The molecule has 1 aliphatic rings. The van der Waals surface area contributed by atoms with Crippen molar-refractivity contribution in [1.82, 2.24) is 9.97 Å². The first-order chi connectivity index (χ1) is 10.1. The monoisotopic (exact) mass is 401 g/mol. The Morgan fingerprint density at radius 3 is 2.67 bits per heavy atom. The van der Waals surface area contributed by atoms with E-state index in [4.69, 9.17) is 0 Å². The van der Waals surface area contributed by atoms with Crippen molar-refractivity contribution in [2.24, 2.45) is 0 Å². The van der Waals surface area contributed by atoms with E-state index in [2.05, 4.69) is 37.9 Å². The lowest BCUT2D eigenvalue weighted by Gasteiger charge is -2.11. The van der Waals surface area contributed by atoms with Gasteiger partial charge in [0.25, 0.3) is 6.43 Å². The Hall–Kier alpha value is -1.31. The highest BCUT2D eigenvalue weighted by Crippen LogP contribution is 2.43. The quantitative estimate of drug-likeness (QED) is 0.761. The fourth-order valence-corrected chi connectivity index (χ4v) is 3.15. The molecule has 1 aromatic heterocycles. The van der Waals surface area contributed by atoms with Crippen LogP contribution < -0.4 is 5.32 Å². The maximum Gasteiger partial charge on any atom is 0.263 e. The molecule has 1 N–H and O–H groups in total. The fourth-order valence-electron chi connectivity index (χ4n) is 2.20. The van der Waals surface area contributed by atoms with Crippen molar-refractivity contribution in [3.05, 3.63) is 39.1 Å². The molecule has 1 fully saturated rings. The number of hydrogen-bond donors (Lipinski definition) is 1. The summed E-state index contributed by atoms with van der Waals surface area (Å²) in [6, 6.07) is 6.27. The summed E-state index contributed by atoms with van der Waals surface area (Å²) >= 11 is 2.24. The average molecular weight is 401 g/mol. The molecule has 0 bridgehead atoms. The summed E-state index contributed by atoms with van der Waals surface area (Å²) in [6.07, 6.45) is -0.222. The van der Waals surface area contributed by atoms with Crippen LogP contribution in [0.5, 0.6) is 0 Å². The van der Waals surface area contributed by atoms with Crippen LogP contribution in [0.3, 0.4) is 0 Å². The maximum absolute atomic E-state index is 12.8. The van der Waals surface area contributed by atoms with Gasteiger partial charge in [0.05, 0.1) is 9.26 Å². The first-order valence-electron chi connectivity index (χ1n) is 6.74. The molecule has 110 valence electrons. The summed E-state index contributed by atoms with van der Waals surface area (Å²) in [5.74, 6) is 1.73. The number of aromatic nitrogens is 2. The summed E-state index contributed by atoms with van der Waals surface area (Å²) in [5, 5.41) is 3.06. The second-order valence-corrected chi connectivity index (χ2v) is 6.12. The molecule has 0 spiro atoms. The first kappa shape index (κ1) is 14.6. The lowest BCUT2D eigenvalue weighted by molar-refractivity contribution is 0.151. The third-order valence-electron chi connectivity index (χ3n) is 3.47. The first-order valence-corrected chi connectivity index (χ1v) is 7.81. The van der Waals surface area contributed by atoms with Gasteiger partial charge in [-0.25, -0.2) is 18.7 Å². The van der Waals surface area contributed by atoms with Crippen molar-refractivity contribution in [3.8, 4) is 11.4 Å². The van der Waals surface area contributed by atoms with Crippen molar-refractivity contribution in [2.45, 2.75) is 25.2 Å². The van der Waals surface area contributed by atoms with E-state index in [0.29, 0.717) is 17.3 Å². The minimum Gasteiger partial charge on any atom is -0.372 e. The van der Waals surface area contributed by atoms with E-state index in [1.54, 1.807) is 19.2 Å². The highest BCUT2D eigenvalue weighted by atomic mass is 127. The normalized spacial score (nSPS) is 14.5. The van der Waals surface area contributed by atoms with Crippen molar-refractivity contribution in [2.75, 3.05) is 12.4 Å². The van der Waals surface area contributed by atoms with E-state index < -0.39 is 6.43 Å². The molecule has 0 atom stereocenters. The Morgan fingerprint density at radius 1 is 1.29 bits per heavy atom. The zero-order valence-corrected chi connectivity index (χ0v) is 13.6. The van der Waals surface area contributed by atoms with Gasteiger partial charge in [-0.1, -0.05) is 18.2 Å². The van der Waals surface area contributed by atoms with Crippen LogP contribution in [0, 0.1) is 3.57 Å². The van der Waals surface area contributed by atoms with Crippen LogP contribution in [0.2, 0.25) is 0 Å². The summed E-state index contributed by atoms with van der Waals surface area (Å²) in [4.78, 5) is 9.07. The van der Waals surface area contributed by atoms with E-state index in [-0.39, 0.29) is 5.56 Å². The van der Waals surface area contributed by atoms with Gasteiger partial charge in [0.2, 0.25) is 0 Å². The molecule has 0 unspecified atom stereocenters. The molecule has 0 saturated heterocycles. The number of benzene rings is 1. The zero-order chi connectivity index (χ0) is 15.0. The number of alkyl halides is 2. The van der Waals surface area contributed by atoms with Gasteiger partial charge in [-0.15, -0.1) is 0 Å². The molecule has 0 aliphatic heterocycles. The van der Waals surface area contributed by atoms with Gasteiger partial charge in [0.15, 0.2) is 5.82 Å². The Balaban J connectivity index is 2.09. The Kier molecular flexibility index (Phi) is 4.05. The van der Waals surface area contributed by atoms with Crippen LogP contribution in [0.1, 0.15) is 36.4 Å². The van der Waals surface area contributed by atoms with Gasteiger partial charge in [-0.2, -0.15) is 0 Å². The van der Waals surface area contributed by atoms with Crippen molar-refractivity contribution >= 4 is 28.4 Å². The summed E-state index contributed by atoms with van der Waals surface area (Å²) < 4.78 is 26.7. The summed E-state index contributed by atoms with van der Waals surface area (Å²) in [6.45, 7) is 0. The molecule has 0 amide bonds. The second-order valence-electron chi connectivity index (χ2n) is 5.05. The van der Waals surface area contributed by atoms with Crippen molar-refractivity contribution in [3.63, 3.8) is 0 Å². The summed E-state index contributed by atoms with van der Waals surface area (Å²) in [5.41, 5.74) is 1.64. The SMILES string of the molecule is CNc1nc(-c2cccc(C(F)F)c2)nc(C2CC2)c1I. The third-order valence-corrected chi connectivity index (χ3v) is 4.54. The standard InChI is InChI=1S/C15H14F2IN3/c1-19-15-11(18)12(8-5-6-8)20-14(21-15)10-4-2-3-9(7-10)13(16)17/h2-4,7-8,13H,5-6H2,1H3,(H,19,20,21). The van der Waals surface area contributed by atoms with Gasteiger partial charge >= 0.3 is 0 Å². The molecule has 21 heavy (non-hydrogen) atoms. The smallest absolute Gasteiger partial charge is 0.263 e. The molecule has 0 radical (unpaired) electrons. The lowest BCUT2D eigenvalue weighted by Crippen LogP contribution is -2.04. The van der Waals surface area contributed by atoms with Gasteiger partial charge in [-0.3, -0.25) is 0 Å². The highest BCUT2D eigenvalue weighted by Gasteiger charge is 2.29. The van der Waals surface area contributed by atoms with E-state index in [0.717, 1.165) is 27.9 Å². The second kappa shape index (κ2) is 5.82. The molecule has 6 heteroatoms. The van der Waals surface area contributed by atoms with Gasteiger partial charge < -0.3 is 5.32 Å². The van der Waals surface area contributed by atoms with Crippen LogP contribution in [0.15, 0.2) is 24.3 Å². The van der Waals surface area contributed by atoms with Gasteiger partial charge in [0.1, 0.15) is 5.82 Å². The molecule has 1 saturated carbocycles. The van der Waals surface area contributed by atoms with Gasteiger partial charge in [-0.05, 0) is 41.5 Å². The Morgan fingerprint density at radius 2 is 2.05 bits per heavy atom. The van der Waals surface area contributed by atoms with Crippen molar-refractivity contribution in [1.29, 1.82) is 0 Å². The van der Waals surface area contributed by atoms with E-state index in [1.807, 2.05) is 0 Å².